The third kappa shape index (κ3) is 2.87. The van der Waals surface area contributed by atoms with Gasteiger partial charge in [-0.1, -0.05) is 36.4 Å². The standard InChI is InChI=1S/C14H10N2O3/c15-9-12-13(16(17)18)7-4-8-14(12)19-10-11-5-2-1-3-6-11/h1-8H,10H2. The minimum absolute atomic E-state index is 0.0524. The predicted octanol–water partition coefficient (Wildman–Crippen LogP) is 3.05. The SMILES string of the molecule is N#Cc1c(OCc2ccccc2)cccc1[N+](=O)[O-]. The van der Waals surface area contributed by atoms with Crippen LogP contribution >= 0.6 is 0 Å². The molecule has 0 saturated heterocycles. The van der Waals surface area contributed by atoms with Crippen molar-refractivity contribution in [1.82, 2.24) is 0 Å². The lowest BCUT2D eigenvalue weighted by Crippen LogP contribution is -1.99. The molecule has 5 nitrogen and oxygen atoms in total. The Labute approximate surface area is 109 Å². The lowest BCUT2D eigenvalue weighted by molar-refractivity contribution is -0.385. The minimum atomic E-state index is -0.589. The van der Waals surface area contributed by atoms with Crippen LogP contribution in [0.4, 0.5) is 5.69 Å². The van der Waals surface area contributed by atoms with E-state index in [4.69, 9.17) is 10.00 Å². The second-order valence-corrected chi connectivity index (χ2v) is 3.79. The molecule has 2 aromatic carbocycles. The zero-order valence-corrected chi connectivity index (χ0v) is 9.95. The molecule has 0 spiro atoms. The molecule has 0 bridgehead atoms. The summed E-state index contributed by atoms with van der Waals surface area (Å²) in [4.78, 5) is 10.2. The van der Waals surface area contributed by atoms with Crippen LogP contribution in [0.1, 0.15) is 11.1 Å². The molecular weight excluding hydrogens is 244 g/mol. The van der Waals surface area contributed by atoms with E-state index in [0.717, 1.165) is 5.56 Å². The van der Waals surface area contributed by atoms with Crippen LogP contribution in [0, 0.1) is 21.4 Å². The Bertz CT molecular complexity index is 633. The third-order valence-electron chi connectivity index (χ3n) is 2.55. The van der Waals surface area contributed by atoms with Crippen LogP contribution in [0.2, 0.25) is 0 Å². The van der Waals surface area contributed by atoms with E-state index in [1.807, 2.05) is 36.4 Å². The number of nitro benzene ring substituents is 1. The van der Waals surface area contributed by atoms with Crippen LogP contribution in [-0.2, 0) is 6.61 Å². The summed E-state index contributed by atoms with van der Waals surface area (Å²) in [6.07, 6.45) is 0. The fourth-order valence-corrected chi connectivity index (χ4v) is 1.64. The van der Waals surface area contributed by atoms with Crippen LogP contribution in [0.15, 0.2) is 48.5 Å². The normalized spacial score (nSPS) is 9.63. The highest BCUT2D eigenvalue weighted by Crippen LogP contribution is 2.27. The maximum Gasteiger partial charge on any atom is 0.290 e. The van der Waals surface area contributed by atoms with Gasteiger partial charge in [-0.25, -0.2) is 0 Å². The lowest BCUT2D eigenvalue weighted by Gasteiger charge is -2.07. The van der Waals surface area contributed by atoms with E-state index in [1.165, 1.54) is 12.1 Å². The maximum absolute atomic E-state index is 10.8. The molecule has 2 rings (SSSR count). The van der Waals surface area contributed by atoms with Gasteiger partial charge in [0.2, 0.25) is 0 Å². The molecule has 0 saturated carbocycles. The molecule has 0 heterocycles. The van der Waals surface area contributed by atoms with E-state index in [2.05, 4.69) is 0 Å². The summed E-state index contributed by atoms with van der Waals surface area (Å²) < 4.78 is 5.48. The topological polar surface area (TPSA) is 76.2 Å². The van der Waals surface area contributed by atoms with Crippen LogP contribution < -0.4 is 4.74 Å². The Morgan fingerprint density at radius 1 is 1.16 bits per heavy atom. The number of benzene rings is 2. The van der Waals surface area contributed by atoms with Crippen molar-refractivity contribution < 1.29 is 9.66 Å². The second-order valence-electron chi connectivity index (χ2n) is 3.79. The Balaban J connectivity index is 2.24. The molecule has 0 aromatic heterocycles. The molecule has 0 N–H and O–H groups in total. The molecule has 0 fully saturated rings. The largest absolute Gasteiger partial charge is 0.487 e. The zero-order valence-electron chi connectivity index (χ0n) is 9.95. The number of rotatable bonds is 4. The first-order valence-electron chi connectivity index (χ1n) is 5.56. The number of nitrogens with zero attached hydrogens (tertiary/aromatic N) is 2. The molecule has 0 unspecified atom stereocenters. The van der Waals surface area contributed by atoms with Gasteiger partial charge in [0.15, 0.2) is 5.56 Å². The zero-order chi connectivity index (χ0) is 13.7. The Kier molecular flexibility index (Phi) is 3.74. The molecule has 0 aliphatic heterocycles. The minimum Gasteiger partial charge on any atom is -0.487 e. The molecular formula is C14H10N2O3. The van der Waals surface area contributed by atoms with Gasteiger partial charge in [0.25, 0.3) is 5.69 Å². The lowest BCUT2D eigenvalue weighted by atomic mass is 10.1. The number of nitriles is 1. The second kappa shape index (κ2) is 5.65. The van der Waals surface area contributed by atoms with Crippen LogP contribution in [-0.4, -0.2) is 4.92 Å². The van der Waals surface area contributed by atoms with E-state index in [-0.39, 0.29) is 23.6 Å². The van der Waals surface area contributed by atoms with Gasteiger partial charge in [0, 0.05) is 6.07 Å². The number of hydrogen-bond acceptors (Lipinski definition) is 4. The molecule has 2 aromatic rings. The Morgan fingerprint density at radius 3 is 2.53 bits per heavy atom. The van der Waals surface area contributed by atoms with Gasteiger partial charge in [-0.2, -0.15) is 5.26 Å². The van der Waals surface area contributed by atoms with Crippen molar-refractivity contribution in [1.29, 1.82) is 5.26 Å². The average molecular weight is 254 g/mol. The molecule has 94 valence electrons. The van der Waals surface area contributed by atoms with Crippen LogP contribution in [0.5, 0.6) is 5.75 Å². The monoisotopic (exact) mass is 254 g/mol. The molecule has 19 heavy (non-hydrogen) atoms. The number of hydrogen-bond donors (Lipinski definition) is 0. The first-order chi connectivity index (χ1) is 9.22. The summed E-state index contributed by atoms with van der Waals surface area (Å²) in [6.45, 7) is 0.261. The first-order valence-corrected chi connectivity index (χ1v) is 5.56. The number of ether oxygens (including phenoxy) is 1. The molecule has 5 heteroatoms. The van der Waals surface area contributed by atoms with Crippen LogP contribution in [0.3, 0.4) is 0 Å². The smallest absolute Gasteiger partial charge is 0.290 e. The highest BCUT2D eigenvalue weighted by atomic mass is 16.6. The molecule has 0 radical (unpaired) electrons. The molecule has 0 aliphatic rings. The van der Waals surface area contributed by atoms with Gasteiger partial charge in [-0.05, 0) is 11.6 Å². The maximum atomic E-state index is 10.8. The van der Waals surface area contributed by atoms with Crippen LogP contribution in [0.25, 0.3) is 0 Å². The quantitative estimate of drug-likeness (QED) is 0.620. The molecule has 0 atom stereocenters. The van der Waals surface area contributed by atoms with Gasteiger partial charge < -0.3 is 4.74 Å². The number of nitro groups is 1. The van der Waals surface area contributed by atoms with Crippen molar-refractivity contribution in [2.45, 2.75) is 6.61 Å². The summed E-state index contributed by atoms with van der Waals surface area (Å²) >= 11 is 0. The fraction of sp³-hybridized carbons (Fsp3) is 0.0714. The predicted molar refractivity (Wildman–Crippen MR) is 68.6 cm³/mol. The summed E-state index contributed by atoms with van der Waals surface area (Å²) in [6, 6.07) is 15.5. The van der Waals surface area contributed by atoms with E-state index in [1.54, 1.807) is 6.07 Å². The van der Waals surface area contributed by atoms with Gasteiger partial charge in [0.1, 0.15) is 18.4 Å². The van der Waals surface area contributed by atoms with E-state index < -0.39 is 4.92 Å². The van der Waals surface area contributed by atoms with Crippen molar-refractivity contribution in [3.05, 3.63) is 69.8 Å². The van der Waals surface area contributed by atoms with E-state index in [0.29, 0.717) is 0 Å². The molecule has 0 aliphatic carbocycles. The van der Waals surface area contributed by atoms with Gasteiger partial charge >= 0.3 is 0 Å². The summed E-state index contributed by atoms with van der Waals surface area (Å²) in [5, 5.41) is 19.8. The highest BCUT2D eigenvalue weighted by molar-refractivity contribution is 5.56. The fourth-order valence-electron chi connectivity index (χ4n) is 1.64. The van der Waals surface area contributed by atoms with Crippen molar-refractivity contribution in [2.75, 3.05) is 0 Å². The van der Waals surface area contributed by atoms with E-state index in [9.17, 15) is 10.1 Å². The van der Waals surface area contributed by atoms with Gasteiger partial charge in [-0.15, -0.1) is 0 Å². The summed E-state index contributed by atoms with van der Waals surface area (Å²) in [5.41, 5.74) is 0.634. The third-order valence-corrected chi connectivity index (χ3v) is 2.55. The Morgan fingerprint density at radius 2 is 1.89 bits per heavy atom. The summed E-state index contributed by atoms with van der Waals surface area (Å²) in [5.74, 6) is 0.223. The van der Waals surface area contributed by atoms with Crippen molar-refractivity contribution in [3.63, 3.8) is 0 Å². The molecule has 0 amide bonds. The van der Waals surface area contributed by atoms with E-state index >= 15 is 0 Å². The van der Waals surface area contributed by atoms with Crippen molar-refractivity contribution in [3.8, 4) is 11.8 Å². The first kappa shape index (κ1) is 12.6. The van der Waals surface area contributed by atoms with Gasteiger partial charge in [0.05, 0.1) is 4.92 Å². The van der Waals surface area contributed by atoms with Crippen molar-refractivity contribution in [2.24, 2.45) is 0 Å². The Hall–Kier alpha value is -2.87. The van der Waals surface area contributed by atoms with Gasteiger partial charge in [-0.3, -0.25) is 10.1 Å². The summed E-state index contributed by atoms with van der Waals surface area (Å²) in [7, 11) is 0. The average Bonchev–Trinajstić information content (AvgIpc) is 2.45. The highest BCUT2D eigenvalue weighted by Gasteiger charge is 2.18. The van der Waals surface area contributed by atoms with Crippen molar-refractivity contribution >= 4 is 5.69 Å².